The van der Waals surface area contributed by atoms with Crippen molar-refractivity contribution < 1.29 is 19.5 Å². The van der Waals surface area contributed by atoms with Crippen LogP contribution in [0.3, 0.4) is 0 Å². The zero-order valence-corrected chi connectivity index (χ0v) is 8.64. The zero-order chi connectivity index (χ0) is 12.2. The Hall–Kier alpha value is -1.91. The van der Waals surface area contributed by atoms with Crippen molar-refractivity contribution in [3.63, 3.8) is 0 Å². The summed E-state index contributed by atoms with van der Waals surface area (Å²) in [6.45, 7) is 0.0928. The number of rotatable bonds is 0. The van der Waals surface area contributed by atoms with Gasteiger partial charge in [0.2, 0.25) is 12.6 Å². The Morgan fingerprint density at radius 1 is 1.29 bits per heavy atom. The SMILES string of the molecule is [B]C1([B])/C(=N/O)C(=O)c2cc3c(cc21)OCO3. The van der Waals surface area contributed by atoms with Crippen molar-refractivity contribution in [1.82, 2.24) is 0 Å². The number of benzene rings is 1. The maximum atomic E-state index is 11.9. The van der Waals surface area contributed by atoms with Gasteiger partial charge in [-0.1, -0.05) is 5.16 Å². The van der Waals surface area contributed by atoms with Crippen LogP contribution in [-0.2, 0) is 5.21 Å². The van der Waals surface area contributed by atoms with Gasteiger partial charge in [0.25, 0.3) is 0 Å². The summed E-state index contributed by atoms with van der Waals surface area (Å²) in [5, 5.41) is 10.1. The minimum absolute atomic E-state index is 0.0928. The van der Waals surface area contributed by atoms with E-state index in [0.29, 0.717) is 17.1 Å². The number of ether oxygens (including phenoxy) is 2. The second-order valence-corrected chi connectivity index (χ2v) is 3.90. The second-order valence-electron chi connectivity index (χ2n) is 3.90. The molecule has 4 radical (unpaired) electrons. The van der Waals surface area contributed by atoms with E-state index in [0.717, 1.165) is 0 Å². The van der Waals surface area contributed by atoms with Crippen LogP contribution in [0.15, 0.2) is 17.3 Å². The lowest BCUT2D eigenvalue weighted by Gasteiger charge is -2.19. The lowest BCUT2D eigenvalue weighted by atomic mass is 9.50. The molecule has 80 valence electrons. The number of hydrogen-bond acceptors (Lipinski definition) is 5. The summed E-state index contributed by atoms with van der Waals surface area (Å²) in [5.74, 6) is 0.411. The molecule has 1 N–H and O–H groups in total. The summed E-state index contributed by atoms with van der Waals surface area (Å²) in [5.41, 5.74) is 0.336. The van der Waals surface area contributed by atoms with E-state index in [1.807, 2.05) is 0 Å². The van der Waals surface area contributed by atoms with Gasteiger partial charge in [0.1, 0.15) is 5.71 Å². The predicted octanol–water partition coefficient (Wildman–Crippen LogP) is -0.0684. The van der Waals surface area contributed by atoms with E-state index in [1.165, 1.54) is 12.1 Å². The van der Waals surface area contributed by atoms with Gasteiger partial charge >= 0.3 is 0 Å². The van der Waals surface area contributed by atoms with Gasteiger partial charge in [-0.2, -0.15) is 0 Å². The highest BCUT2D eigenvalue weighted by Crippen LogP contribution is 2.41. The first-order valence-corrected chi connectivity index (χ1v) is 4.85. The van der Waals surface area contributed by atoms with E-state index in [4.69, 9.17) is 30.4 Å². The van der Waals surface area contributed by atoms with E-state index in [1.54, 1.807) is 0 Å². The molecule has 0 saturated heterocycles. The first kappa shape index (κ1) is 10.3. The number of Topliss-reactive ketones (excluding diaryl/α,β-unsaturated/α-hetero) is 1. The number of hydrogen-bond donors (Lipinski definition) is 1. The van der Waals surface area contributed by atoms with E-state index < -0.39 is 11.0 Å². The third-order valence-electron chi connectivity index (χ3n) is 2.91. The van der Waals surface area contributed by atoms with Gasteiger partial charge in [-0.05, 0) is 22.9 Å². The number of carbonyl (C=O) groups excluding carboxylic acids is 1. The Morgan fingerprint density at radius 2 is 1.94 bits per heavy atom. The molecule has 1 aromatic carbocycles. The topological polar surface area (TPSA) is 68.1 Å². The molecule has 0 atom stereocenters. The van der Waals surface area contributed by atoms with Crippen LogP contribution in [0, 0.1) is 0 Å². The summed E-state index contributed by atoms with van der Waals surface area (Å²) in [4.78, 5) is 11.9. The summed E-state index contributed by atoms with van der Waals surface area (Å²) < 4.78 is 10.3. The number of carbonyl (C=O) groups is 1. The van der Waals surface area contributed by atoms with Crippen molar-refractivity contribution >= 4 is 27.2 Å². The Kier molecular flexibility index (Phi) is 1.85. The van der Waals surface area contributed by atoms with Crippen LogP contribution in [0.2, 0.25) is 0 Å². The number of fused-ring (bicyclic) bond motifs is 2. The third-order valence-corrected chi connectivity index (χ3v) is 2.91. The Balaban J connectivity index is 2.28. The molecule has 0 fully saturated rings. The lowest BCUT2D eigenvalue weighted by molar-refractivity contribution is 0.106. The average Bonchev–Trinajstić information content (AvgIpc) is 2.80. The molecular weight excluding hydrogens is 220 g/mol. The van der Waals surface area contributed by atoms with Crippen molar-refractivity contribution in [2.24, 2.45) is 5.16 Å². The summed E-state index contributed by atoms with van der Waals surface area (Å²) in [7, 11) is 11.6. The fourth-order valence-corrected chi connectivity index (χ4v) is 2.04. The van der Waals surface area contributed by atoms with Crippen LogP contribution in [0.1, 0.15) is 15.9 Å². The molecule has 0 spiro atoms. The van der Waals surface area contributed by atoms with E-state index in [9.17, 15) is 4.79 Å². The third kappa shape index (κ3) is 1.16. The Labute approximate surface area is 99.2 Å². The molecular formula is C10H5B2NO4. The molecule has 0 aromatic heterocycles. The molecule has 0 saturated carbocycles. The van der Waals surface area contributed by atoms with Gasteiger partial charge in [-0.25, -0.2) is 0 Å². The smallest absolute Gasteiger partial charge is 0.231 e. The molecule has 17 heavy (non-hydrogen) atoms. The van der Waals surface area contributed by atoms with E-state index in [2.05, 4.69) is 5.16 Å². The van der Waals surface area contributed by atoms with E-state index >= 15 is 0 Å². The van der Waals surface area contributed by atoms with E-state index in [-0.39, 0.29) is 18.1 Å². The van der Waals surface area contributed by atoms with Crippen LogP contribution in [-0.4, -0.2) is 39.2 Å². The molecule has 1 aromatic rings. The molecule has 0 unspecified atom stereocenters. The van der Waals surface area contributed by atoms with Gasteiger partial charge < -0.3 is 14.7 Å². The van der Waals surface area contributed by atoms with Crippen LogP contribution in [0.25, 0.3) is 0 Å². The summed E-state index contributed by atoms with van der Waals surface area (Å²) in [6, 6.07) is 3.03. The van der Waals surface area contributed by atoms with Gasteiger partial charge in [0, 0.05) is 5.56 Å². The fraction of sp³-hybridized carbons (Fsp3) is 0.200. The molecule has 1 heterocycles. The Bertz CT molecular complexity index is 568. The highest BCUT2D eigenvalue weighted by Gasteiger charge is 2.43. The standard InChI is InChI=1S/C10H5B2NO4/c11-10(12)5-2-7-6(16-3-17-7)1-4(5)8(14)9(10)13-15/h1-2,15H,3H2/b13-9+. The zero-order valence-electron chi connectivity index (χ0n) is 8.64. The highest BCUT2D eigenvalue weighted by molar-refractivity contribution is 6.69. The maximum Gasteiger partial charge on any atom is 0.231 e. The lowest BCUT2D eigenvalue weighted by Crippen LogP contribution is -2.35. The monoisotopic (exact) mass is 225 g/mol. The normalized spacial score (nSPS) is 21.9. The molecule has 7 heteroatoms. The number of oxime groups is 1. The second kappa shape index (κ2) is 3.06. The van der Waals surface area contributed by atoms with Crippen LogP contribution in [0.5, 0.6) is 11.5 Å². The molecule has 2 aliphatic rings. The first-order valence-electron chi connectivity index (χ1n) is 4.85. The van der Waals surface area contributed by atoms with Crippen LogP contribution >= 0.6 is 0 Å². The maximum absolute atomic E-state index is 11.9. The van der Waals surface area contributed by atoms with Crippen molar-refractivity contribution in [3.8, 4) is 11.5 Å². The molecule has 0 amide bonds. The average molecular weight is 225 g/mol. The number of ketones is 1. The van der Waals surface area contributed by atoms with Crippen molar-refractivity contribution in [3.05, 3.63) is 23.3 Å². The Morgan fingerprint density at radius 3 is 2.59 bits per heavy atom. The van der Waals surface area contributed by atoms with Crippen LogP contribution < -0.4 is 9.47 Å². The minimum Gasteiger partial charge on any atom is -0.454 e. The molecule has 0 bridgehead atoms. The molecule has 1 aliphatic heterocycles. The molecule has 3 rings (SSSR count). The molecule has 5 nitrogen and oxygen atoms in total. The quantitative estimate of drug-likeness (QED) is 0.381. The molecule has 1 aliphatic carbocycles. The fourth-order valence-electron chi connectivity index (χ4n) is 2.04. The van der Waals surface area contributed by atoms with Crippen molar-refractivity contribution in [2.45, 2.75) is 5.21 Å². The largest absolute Gasteiger partial charge is 0.454 e. The summed E-state index contributed by atoms with van der Waals surface area (Å²) in [6.07, 6.45) is 0. The number of nitrogens with zero attached hydrogens (tertiary/aromatic N) is 1. The van der Waals surface area contributed by atoms with Gasteiger partial charge in [-0.3, -0.25) is 4.79 Å². The minimum atomic E-state index is -1.61. The predicted molar refractivity (Wildman–Crippen MR) is 59.3 cm³/mol. The van der Waals surface area contributed by atoms with Gasteiger partial charge in [0.05, 0.1) is 15.7 Å². The summed E-state index contributed by atoms with van der Waals surface area (Å²) >= 11 is 0. The van der Waals surface area contributed by atoms with Crippen molar-refractivity contribution in [2.75, 3.05) is 6.79 Å². The van der Waals surface area contributed by atoms with Crippen LogP contribution in [0.4, 0.5) is 0 Å². The van der Waals surface area contributed by atoms with Gasteiger partial charge in [0.15, 0.2) is 11.5 Å². The van der Waals surface area contributed by atoms with Crippen molar-refractivity contribution in [1.29, 1.82) is 0 Å². The highest BCUT2D eigenvalue weighted by atomic mass is 16.7. The van der Waals surface area contributed by atoms with Gasteiger partial charge in [-0.15, -0.1) is 0 Å². The first-order chi connectivity index (χ1) is 8.05.